The molecule has 8 heteroatoms. The van der Waals surface area contributed by atoms with Gasteiger partial charge in [0.2, 0.25) is 0 Å². The number of anilines is 2. The van der Waals surface area contributed by atoms with Gasteiger partial charge in [0.25, 0.3) is 0 Å². The normalized spacial score (nSPS) is 17.7. The predicted octanol–water partition coefficient (Wildman–Crippen LogP) is 3.93. The maximum atomic E-state index is 5.73. The van der Waals surface area contributed by atoms with E-state index in [9.17, 15) is 0 Å². The fourth-order valence-electron chi connectivity index (χ4n) is 2.69. The van der Waals surface area contributed by atoms with Gasteiger partial charge in [-0.2, -0.15) is 0 Å². The lowest BCUT2D eigenvalue weighted by Gasteiger charge is -2.12. The van der Waals surface area contributed by atoms with Crippen molar-refractivity contribution in [1.29, 1.82) is 0 Å². The summed E-state index contributed by atoms with van der Waals surface area (Å²) in [5, 5.41) is 3.68. The zero-order valence-electron chi connectivity index (χ0n) is 12.1. The molecule has 1 N–H and O–H groups in total. The molecule has 2 aromatic heterocycles. The van der Waals surface area contributed by atoms with Gasteiger partial charge >= 0.3 is 0 Å². The average Bonchev–Trinajstić information content (AvgIpc) is 3.15. The van der Waals surface area contributed by atoms with E-state index in [1.165, 1.54) is 0 Å². The van der Waals surface area contributed by atoms with E-state index in [2.05, 4.69) is 48.8 Å². The van der Waals surface area contributed by atoms with Crippen molar-refractivity contribution < 1.29 is 4.74 Å². The molecule has 1 fully saturated rings. The summed E-state index contributed by atoms with van der Waals surface area (Å²) < 4.78 is 8.67. The second kappa shape index (κ2) is 6.10. The zero-order chi connectivity index (χ0) is 15.8. The summed E-state index contributed by atoms with van der Waals surface area (Å²) in [7, 11) is 0. The van der Waals surface area contributed by atoms with Crippen LogP contribution < -0.4 is 5.32 Å². The summed E-state index contributed by atoms with van der Waals surface area (Å²) in [5.74, 6) is 0.634. The number of aromatic nitrogens is 4. The molecular formula is C15H14BrN5OS. The molecule has 1 aliphatic rings. The number of nitrogens with zero attached hydrogens (tertiary/aromatic N) is 4. The molecule has 1 unspecified atom stereocenters. The van der Waals surface area contributed by atoms with Gasteiger partial charge in [-0.3, -0.25) is 4.57 Å². The van der Waals surface area contributed by atoms with Crippen molar-refractivity contribution in [2.24, 2.45) is 0 Å². The highest BCUT2D eigenvalue weighted by molar-refractivity contribution is 9.10. The number of ether oxygens (including phenoxy) is 1. The van der Waals surface area contributed by atoms with Crippen molar-refractivity contribution >= 4 is 51.2 Å². The van der Waals surface area contributed by atoms with E-state index in [0.717, 1.165) is 35.3 Å². The Morgan fingerprint density at radius 1 is 1.35 bits per heavy atom. The third-order valence-electron chi connectivity index (χ3n) is 3.71. The first-order valence-electron chi connectivity index (χ1n) is 7.28. The summed E-state index contributed by atoms with van der Waals surface area (Å²) in [4.78, 5) is 13.3. The van der Waals surface area contributed by atoms with Crippen LogP contribution in [0.4, 0.5) is 11.5 Å². The molecular weight excluding hydrogens is 378 g/mol. The lowest BCUT2D eigenvalue weighted by molar-refractivity contribution is 0.0592. The van der Waals surface area contributed by atoms with Crippen molar-refractivity contribution in [1.82, 2.24) is 19.5 Å². The van der Waals surface area contributed by atoms with Crippen molar-refractivity contribution in [3.05, 3.63) is 35.1 Å². The molecule has 1 atom stereocenters. The first-order valence-corrected chi connectivity index (χ1v) is 8.52. The molecule has 23 heavy (non-hydrogen) atoms. The van der Waals surface area contributed by atoms with E-state index >= 15 is 0 Å². The van der Waals surface area contributed by atoms with Crippen LogP contribution in [0.1, 0.15) is 19.1 Å². The molecule has 3 heterocycles. The number of hydrogen-bond acceptors (Lipinski definition) is 6. The second-order valence-electron chi connectivity index (χ2n) is 5.30. The molecule has 0 amide bonds. The molecule has 1 saturated heterocycles. The largest absolute Gasteiger partial charge is 0.358 e. The van der Waals surface area contributed by atoms with Gasteiger partial charge in [0.15, 0.2) is 22.1 Å². The highest BCUT2D eigenvalue weighted by Crippen LogP contribution is 2.30. The molecule has 0 saturated carbocycles. The van der Waals surface area contributed by atoms with E-state index in [-0.39, 0.29) is 6.23 Å². The van der Waals surface area contributed by atoms with Crippen molar-refractivity contribution in [2.75, 3.05) is 11.9 Å². The quantitative estimate of drug-likeness (QED) is 0.522. The Balaban J connectivity index is 1.77. The standard InChI is InChI=1S/C15H14BrN5OS/c16-9-3-1-4-10(7-9)18-13-12-14(20-15(23)19-13)21(8-17-12)11-5-2-6-22-11/h1,3-4,7-8,11H,2,5-6H2,(H2,18,19,20,23). The fraction of sp³-hybridized carbons (Fsp3) is 0.267. The molecule has 4 rings (SSSR count). The number of nitrogens with one attached hydrogen (secondary N) is 1. The summed E-state index contributed by atoms with van der Waals surface area (Å²) in [6, 6.07) is 7.87. The van der Waals surface area contributed by atoms with E-state index in [4.69, 9.17) is 4.74 Å². The lowest BCUT2D eigenvalue weighted by atomic mass is 10.3. The number of thiol groups is 1. The van der Waals surface area contributed by atoms with E-state index < -0.39 is 0 Å². The van der Waals surface area contributed by atoms with Crippen molar-refractivity contribution in [2.45, 2.75) is 24.2 Å². The number of benzene rings is 1. The maximum Gasteiger partial charge on any atom is 0.188 e. The molecule has 6 nitrogen and oxygen atoms in total. The first-order chi connectivity index (χ1) is 11.2. The number of fused-ring (bicyclic) bond motifs is 1. The Hall–Kier alpha value is -1.64. The summed E-state index contributed by atoms with van der Waals surface area (Å²) in [6.45, 7) is 0.770. The Bertz CT molecular complexity index is 862. The average molecular weight is 392 g/mol. The van der Waals surface area contributed by atoms with Crippen LogP contribution in [0.15, 0.2) is 40.2 Å². The molecule has 3 aromatic rings. The van der Waals surface area contributed by atoms with Gasteiger partial charge in [-0.05, 0) is 31.0 Å². The number of halogens is 1. The first kappa shape index (κ1) is 14.9. The zero-order valence-corrected chi connectivity index (χ0v) is 14.6. The number of imidazole rings is 1. The van der Waals surface area contributed by atoms with Gasteiger partial charge in [-0.1, -0.05) is 22.0 Å². The summed E-state index contributed by atoms with van der Waals surface area (Å²) in [6.07, 6.45) is 3.76. The van der Waals surface area contributed by atoms with Crippen molar-refractivity contribution in [3.63, 3.8) is 0 Å². The molecule has 0 aliphatic carbocycles. The minimum absolute atomic E-state index is 0.0126. The van der Waals surface area contributed by atoms with Gasteiger partial charge in [0.05, 0.1) is 6.33 Å². The van der Waals surface area contributed by atoms with Crippen LogP contribution in [0.5, 0.6) is 0 Å². The number of rotatable bonds is 3. The van der Waals surface area contributed by atoms with E-state index in [1.807, 2.05) is 28.8 Å². The molecule has 1 aliphatic heterocycles. The molecule has 118 valence electrons. The van der Waals surface area contributed by atoms with Crippen molar-refractivity contribution in [3.8, 4) is 0 Å². The SMILES string of the molecule is Sc1nc(Nc2cccc(Br)c2)c2ncn(C3CCCO3)c2n1. The monoisotopic (exact) mass is 391 g/mol. The van der Waals surface area contributed by atoms with Crippen LogP contribution in [0.3, 0.4) is 0 Å². The Labute approximate surface area is 146 Å². The summed E-state index contributed by atoms with van der Waals surface area (Å²) >= 11 is 7.79. The Morgan fingerprint density at radius 3 is 3.04 bits per heavy atom. The van der Waals surface area contributed by atoms with E-state index in [1.54, 1.807) is 6.33 Å². The predicted molar refractivity (Wildman–Crippen MR) is 94.2 cm³/mol. The van der Waals surface area contributed by atoms with E-state index in [0.29, 0.717) is 16.5 Å². The third kappa shape index (κ3) is 2.93. The minimum atomic E-state index is -0.0126. The van der Waals surface area contributed by atoms with Gasteiger partial charge in [-0.15, -0.1) is 12.6 Å². The maximum absolute atomic E-state index is 5.73. The fourth-order valence-corrected chi connectivity index (χ4v) is 3.28. The third-order valence-corrected chi connectivity index (χ3v) is 4.41. The topological polar surface area (TPSA) is 64.9 Å². The highest BCUT2D eigenvalue weighted by Gasteiger charge is 2.22. The summed E-state index contributed by atoms with van der Waals surface area (Å²) in [5.41, 5.74) is 2.35. The molecule has 0 bridgehead atoms. The molecule has 0 spiro atoms. The number of hydrogen-bond donors (Lipinski definition) is 2. The Morgan fingerprint density at radius 2 is 2.26 bits per heavy atom. The lowest BCUT2D eigenvalue weighted by Crippen LogP contribution is -2.07. The van der Waals surface area contributed by atoms with Gasteiger partial charge in [0.1, 0.15) is 6.23 Å². The van der Waals surface area contributed by atoms with Crippen LogP contribution in [0, 0.1) is 0 Å². The van der Waals surface area contributed by atoms with Crippen LogP contribution in [-0.2, 0) is 4.74 Å². The smallest absolute Gasteiger partial charge is 0.188 e. The highest BCUT2D eigenvalue weighted by atomic mass is 79.9. The second-order valence-corrected chi connectivity index (χ2v) is 6.61. The van der Waals surface area contributed by atoms with Crippen LogP contribution >= 0.6 is 28.6 Å². The Kier molecular flexibility index (Phi) is 3.96. The van der Waals surface area contributed by atoms with Crippen LogP contribution in [0.25, 0.3) is 11.2 Å². The van der Waals surface area contributed by atoms with Gasteiger partial charge in [0, 0.05) is 16.8 Å². The molecule has 1 aromatic carbocycles. The minimum Gasteiger partial charge on any atom is -0.358 e. The van der Waals surface area contributed by atoms with Gasteiger partial charge < -0.3 is 10.1 Å². The van der Waals surface area contributed by atoms with Crippen LogP contribution in [-0.4, -0.2) is 26.1 Å². The molecule has 0 radical (unpaired) electrons. The van der Waals surface area contributed by atoms with Crippen LogP contribution in [0.2, 0.25) is 0 Å². The van der Waals surface area contributed by atoms with Gasteiger partial charge in [-0.25, -0.2) is 15.0 Å².